The first-order valence-electron chi connectivity index (χ1n) is 11.3. The highest BCUT2D eigenvalue weighted by molar-refractivity contribution is 5.90. The maximum absolute atomic E-state index is 13.6. The average molecular weight is 407 g/mol. The second-order valence-electron chi connectivity index (χ2n) is 9.93. The molecule has 5 aliphatic rings. The van der Waals surface area contributed by atoms with Crippen molar-refractivity contribution in [3.8, 4) is 0 Å². The Hall–Kier alpha value is -1.63. The molecule has 5 rings (SSSR count). The molecule has 4 saturated carbocycles. The number of aliphatic hydroxyl groups is 1. The van der Waals surface area contributed by atoms with Crippen LogP contribution in [0, 0.1) is 23.2 Å². The van der Waals surface area contributed by atoms with Gasteiger partial charge in [0.1, 0.15) is 6.04 Å². The van der Waals surface area contributed by atoms with Gasteiger partial charge in [-0.15, -0.1) is 0 Å². The Labute approximate surface area is 172 Å². The second kappa shape index (κ2) is 7.89. The van der Waals surface area contributed by atoms with Gasteiger partial charge >= 0.3 is 5.97 Å². The van der Waals surface area contributed by atoms with Gasteiger partial charge in [0.2, 0.25) is 5.91 Å². The first-order chi connectivity index (χ1) is 13.8. The lowest BCUT2D eigenvalue weighted by molar-refractivity contribution is -0.168. The molecular weight excluding hydrogens is 372 g/mol. The number of hydrogen-bond acceptors (Lipinski definition) is 5. The molecule has 1 heterocycles. The zero-order valence-corrected chi connectivity index (χ0v) is 17.6. The molecule has 2 amide bonds. The topological polar surface area (TPSA) is 95.9 Å². The quantitative estimate of drug-likeness (QED) is 0.654. The van der Waals surface area contributed by atoms with E-state index in [4.69, 9.17) is 4.74 Å². The van der Waals surface area contributed by atoms with Crippen molar-refractivity contribution in [1.29, 1.82) is 0 Å². The van der Waals surface area contributed by atoms with Gasteiger partial charge in [0.05, 0.1) is 11.5 Å². The van der Waals surface area contributed by atoms with Gasteiger partial charge in [-0.2, -0.15) is 0 Å². The molecule has 4 bridgehead atoms. The highest BCUT2D eigenvalue weighted by Gasteiger charge is 2.57. The van der Waals surface area contributed by atoms with Gasteiger partial charge in [-0.25, -0.2) is 4.79 Å². The van der Waals surface area contributed by atoms with Gasteiger partial charge in [0.25, 0.3) is 5.91 Å². The second-order valence-corrected chi connectivity index (χ2v) is 9.93. The monoisotopic (exact) mass is 406 g/mol. The van der Waals surface area contributed by atoms with Crippen LogP contribution in [0.5, 0.6) is 0 Å². The Balaban J connectivity index is 1.44. The van der Waals surface area contributed by atoms with Crippen LogP contribution in [0.4, 0.5) is 0 Å². The maximum atomic E-state index is 13.6. The van der Waals surface area contributed by atoms with Crippen molar-refractivity contribution in [2.24, 2.45) is 23.2 Å². The molecule has 4 aliphatic carbocycles. The van der Waals surface area contributed by atoms with Gasteiger partial charge in [-0.05, 0) is 69.6 Å². The van der Waals surface area contributed by atoms with Gasteiger partial charge in [-0.3, -0.25) is 9.59 Å². The maximum Gasteiger partial charge on any atom is 0.329 e. The molecule has 2 unspecified atom stereocenters. The molecule has 29 heavy (non-hydrogen) atoms. The zero-order valence-electron chi connectivity index (χ0n) is 17.6. The van der Waals surface area contributed by atoms with Crippen LogP contribution in [0.1, 0.15) is 65.2 Å². The summed E-state index contributed by atoms with van der Waals surface area (Å²) in [6.45, 7) is 4.20. The standard InChI is InChI=1S/C22H34N2O5/c1-3-4-23-19(26)13(2)29-20(27)18-8-17(25)12-24(18)21(28)22-9-14-5-15(10-22)7-16(6-14)11-22/h13-18,25H,3-12H2,1-2H3,(H,23,26)/t13?,14?,15?,16?,17?,18-,22?/m0/s1. The predicted octanol–water partition coefficient (Wildman–Crippen LogP) is 1.62. The van der Waals surface area contributed by atoms with Crippen molar-refractivity contribution >= 4 is 17.8 Å². The minimum Gasteiger partial charge on any atom is -0.451 e. The largest absolute Gasteiger partial charge is 0.451 e. The summed E-state index contributed by atoms with van der Waals surface area (Å²) < 4.78 is 5.38. The number of β-amino-alcohol motifs (C(OH)–C–C–N with tert-alkyl or cyclic N) is 1. The Morgan fingerprint density at radius 2 is 1.69 bits per heavy atom. The van der Waals surface area contributed by atoms with E-state index in [0.717, 1.165) is 25.7 Å². The van der Waals surface area contributed by atoms with E-state index in [2.05, 4.69) is 5.32 Å². The summed E-state index contributed by atoms with van der Waals surface area (Å²) in [6, 6.07) is -0.799. The van der Waals surface area contributed by atoms with Crippen LogP contribution < -0.4 is 5.32 Å². The van der Waals surface area contributed by atoms with Crippen LogP contribution in [0.15, 0.2) is 0 Å². The highest BCUT2D eigenvalue weighted by atomic mass is 16.5. The molecule has 7 heteroatoms. The fourth-order valence-electron chi connectivity index (χ4n) is 6.64. The van der Waals surface area contributed by atoms with Crippen LogP contribution >= 0.6 is 0 Å². The fourth-order valence-corrected chi connectivity index (χ4v) is 6.64. The zero-order chi connectivity index (χ0) is 20.8. The first kappa shape index (κ1) is 20.6. The Kier molecular flexibility index (Phi) is 5.62. The first-order valence-corrected chi connectivity index (χ1v) is 11.3. The van der Waals surface area contributed by atoms with Gasteiger partial charge in [-0.1, -0.05) is 6.92 Å². The molecule has 2 N–H and O–H groups in total. The third-order valence-corrected chi connectivity index (χ3v) is 7.52. The van der Waals surface area contributed by atoms with Crippen LogP contribution in [0.25, 0.3) is 0 Å². The van der Waals surface area contributed by atoms with Crippen molar-refractivity contribution < 1.29 is 24.2 Å². The smallest absolute Gasteiger partial charge is 0.329 e. The number of hydrogen-bond donors (Lipinski definition) is 2. The summed E-state index contributed by atoms with van der Waals surface area (Å²) >= 11 is 0. The minimum atomic E-state index is -0.914. The number of likely N-dealkylation sites (tertiary alicyclic amines) is 1. The normalized spacial score (nSPS) is 38.7. The molecular formula is C22H34N2O5. The molecule has 5 fully saturated rings. The molecule has 1 saturated heterocycles. The number of carbonyl (C=O) groups is 3. The lowest BCUT2D eigenvalue weighted by atomic mass is 9.49. The van der Waals surface area contributed by atoms with Crippen molar-refractivity contribution in [2.45, 2.75) is 83.5 Å². The van der Waals surface area contributed by atoms with Gasteiger partial charge in [0, 0.05) is 19.5 Å². The number of rotatable bonds is 6. The van der Waals surface area contributed by atoms with E-state index in [1.54, 1.807) is 11.8 Å². The van der Waals surface area contributed by atoms with E-state index in [9.17, 15) is 19.5 Å². The summed E-state index contributed by atoms with van der Waals surface area (Å²) in [5, 5.41) is 12.9. The van der Waals surface area contributed by atoms with Gasteiger partial charge in [0.15, 0.2) is 6.10 Å². The van der Waals surface area contributed by atoms with E-state index in [-0.39, 0.29) is 30.2 Å². The number of nitrogens with zero attached hydrogens (tertiary/aromatic N) is 1. The average Bonchev–Trinajstić information content (AvgIpc) is 3.06. The van der Waals surface area contributed by atoms with Crippen LogP contribution in [-0.2, 0) is 19.1 Å². The van der Waals surface area contributed by atoms with Crippen molar-refractivity contribution in [1.82, 2.24) is 10.2 Å². The summed E-state index contributed by atoms with van der Waals surface area (Å²) in [5.74, 6) is 0.996. The Morgan fingerprint density at radius 1 is 1.10 bits per heavy atom. The number of amides is 2. The molecule has 0 aromatic heterocycles. The molecule has 0 aromatic carbocycles. The molecule has 0 radical (unpaired) electrons. The van der Waals surface area contributed by atoms with E-state index in [1.165, 1.54) is 19.3 Å². The number of aliphatic hydroxyl groups excluding tert-OH is 1. The highest BCUT2D eigenvalue weighted by Crippen LogP contribution is 2.60. The third-order valence-electron chi connectivity index (χ3n) is 7.52. The fraction of sp³-hybridized carbons (Fsp3) is 0.864. The lowest BCUT2D eigenvalue weighted by Crippen LogP contribution is -2.56. The predicted molar refractivity (Wildman–Crippen MR) is 106 cm³/mol. The molecule has 162 valence electrons. The van der Waals surface area contributed by atoms with Crippen molar-refractivity contribution in [2.75, 3.05) is 13.1 Å². The Bertz CT molecular complexity index is 643. The lowest BCUT2D eigenvalue weighted by Gasteiger charge is -2.56. The van der Waals surface area contributed by atoms with E-state index >= 15 is 0 Å². The summed E-state index contributed by atoms with van der Waals surface area (Å²) in [6.07, 6.45) is 5.82. The van der Waals surface area contributed by atoms with Crippen LogP contribution in [0.3, 0.4) is 0 Å². The molecule has 1 aliphatic heterocycles. The van der Waals surface area contributed by atoms with Crippen molar-refractivity contribution in [3.05, 3.63) is 0 Å². The van der Waals surface area contributed by atoms with Crippen LogP contribution in [-0.4, -0.2) is 59.1 Å². The Morgan fingerprint density at radius 3 is 2.24 bits per heavy atom. The van der Waals surface area contributed by atoms with E-state index in [1.807, 2.05) is 6.92 Å². The number of nitrogens with one attached hydrogen (secondary N) is 1. The number of carbonyl (C=O) groups excluding carboxylic acids is 3. The molecule has 0 aromatic rings. The molecule has 0 spiro atoms. The number of ether oxygens (including phenoxy) is 1. The van der Waals surface area contributed by atoms with Crippen molar-refractivity contribution in [3.63, 3.8) is 0 Å². The summed E-state index contributed by atoms with van der Waals surface area (Å²) in [4.78, 5) is 40.1. The summed E-state index contributed by atoms with van der Waals surface area (Å²) in [7, 11) is 0. The van der Waals surface area contributed by atoms with E-state index < -0.39 is 24.2 Å². The van der Waals surface area contributed by atoms with Gasteiger partial charge < -0.3 is 20.1 Å². The SMILES string of the molecule is CCCNC(=O)C(C)OC(=O)[C@@H]1CC(O)CN1C(=O)C12CC3CC(CC(C3)C1)C2. The molecule has 7 nitrogen and oxygen atoms in total. The van der Waals surface area contributed by atoms with Crippen LogP contribution in [0.2, 0.25) is 0 Å². The van der Waals surface area contributed by atoms with E-state index in [0.29, 0.717) is 24.3 Å². The minimum absolute atomic E-state index is 0.0261. The summed E-state index contributed by atoms with van der Waals surface area (Å²) in [5.41, 5.74) is -0.360. The number of esters is 1. The third kappa shape index (κ3) is 3.90. The molecule has 3 atom stereocenters.